The number of aromatic nitrogens is 2. The van der Waals surface area contributed by atoms with E-state index in [2.05, 4.69) is 20.8 Å². The third-order valence-electron chi connectivity index (χ3n) is 5.81. The standard InChI is InChI=1S/C28H34N4O6/c1-3-38-28(36)25(33)17-22(16-19-10-12-21(13-11-19)20-8-5-4-6-9-20)30-27(35)24-18-23(31-32-24)26(34)29-14-7-15-37-2/h4-6,8-13,18,22,25,33H,3,7,14-17H2,1-2H3,(H,29,34)(H,30,35)(H,31,32). The summed E-state index contributed by atoms with van der Waals surface area (Å²) in [4.78, 5) is 37.3. The first-order valence-corrected chi connectivity index (χ1v) is 12.5. The van der Waals surface area contributed by atoms with Crippen LogP contribution in [0, 0.1) is 0 Å². The summed E-state index contributed by atoms with van der Waals surface area (Å²) in [6.07, 6.45) is -0.450. The maximum absolute atomic E-state index is 13.0. The average molecular weight is 523 g/mol. The zero-order valence-electron chi connectivity index (χ0n) is 21.6. The molecule has 0 bridgehead atoms. The summed E-state index contributed by atoms with van der Waals surface area (Å²) in [5, 5.41) is 22.4. The number of aliphatic hydroxyl groups excluding tert-OH is 1. The van der Waals surface area contributed by atoms with Crippen LogP contribution in [0.5, 0.6) is 0 Å². The van der Waals surface area contributed by atoms with E-state index in [1.807, 2.05) is 54.6 Å². The van der Waals surface area contributed by atoms with E-state index in [0.29, 0.717) is 26.0 Å². The number of nitrogens with one attached hydrogen (secondary N) is 3. The van der Waals surface area contributed by atoms with E-state index in [4.69, 9.17) is 9.47 Å². The van der Waals surface area contributed by atoms with Crippen LogP contribution < -0.4 is 10.6 Å². The van der Waals surface area contributed by atoms with Crippen LogP contribution >= 0.6 is 0 Å². The van der Waals surface area contributed by atoms with Crippen molar-refractivity contribution < 1.29 is 29.0 Å². The van der Waals surface area contributed by atoms with Gasteiger partial charge in [-0.2, -0.15) is 5.10 Å². The van der Waals surface area contributed by atoms with E-state index < -0.39 is 24.0 Å². The van der Waals surface area contributed by atoms with E-state index in [9.17, 15) is 19.5 Å². The number of nitrogens with zero attached hydrogens (tertiary/aromatic N) is 1. The number of hydrogen-bond donors (Lipinski definition) is 4. The lowest BCUT2D eigenvalue weighted by molar-refractivity contribution is -0.153. The van der Waals surface area contributed by atoms with Gasteiger partial charge < -0.3 is 25.2 Å². The molecular weight excluding hydrogens is 488 g/mol. The van der Waals surface area contributed by atoms with Gasteiger partial charge in [-0.3, -0.25) is 14.7 Å². The second kappa shape index (κ2) is 14.7. The van der Waals surface area contributed by atoms with Gasteiger partial charge in [0.05, 0.1) is 6.61 Å². The van der Waals surface area contributed by atoms with Crippen molar-refractivity contribution in [2.75, 3.05) is 26.9 Å². The molecule has 0 saturated heterocycles. The molecule has 10 nitrogen and oxygen atoms in total. The first kappa shape index (κ1) is 28.5. The molecule has 1 aromatic heterocycles. The van der Waals surface area contributed by atoms with Crippen LogP contribution in [0.15, 0.2) is 60.7 Å². The quantitative estimate of drug-likeness (QED) is 0.188. The lowest BCUT2D eigenvalue weighted by Gasteiger charge is -2.21. The molecule has 2 aromatic carbocycles. The van der Waals surface area contributed by atoms with Crippen molar-refractivity contribution in [3.05, 3.63) is 77.6 Å². The number of hydrogen-bond acceptors (Lipinski definition) is 7. The summed E-state index contributed by atoms with van der Waals surface area (Å²) >= 11 is 0. The van der Waals surface area contributed by atoms with Gasteiger partial charge in [0.1, 0.15) is 5.69 Å². The molecule has 2 amide bonds. The van der Waals surface area contributed by atoms with Gasteiger partial charge in [-0.1, -0.05) is 54.6 Å². The second-order valence-corrected chi connectivity index (χ2v) is 8.71. The third-order valence-corrected chi connectivity index (χ3v) is 5.81. The van der Waals surface area contributed by atoms with E-state index in [-0.39, 0.29) is 30.3 Å². The topological polar surface area (TPSA) is 143 Å². The molecule has 0 spiro atoms. The number of benzene rings is 2. The van der Waals surface area contributed by atoms with Crippen LogP contribution in [0.4, 0.5) is 0 Å². The molecule has 2 atom stereocenters. The summed E-state index contributed by atoms with van der Waals surface area (Å²) in [7, 11) is 1.58. The molecule has 4 N–H and O–H groups in total. The van der Waals surface area contributed by atoms with Gasteiger partial charge in [0, 0.05) is 38.8 Å². The summed E-state index contributed by atoms with van der Waals surface area (Å²) in [6.45, 7) is 2.73. The van der Waals surface area contributed by atoms with Crippen molar-refractivity contribution in [1.29, 1.82) is 0 Å². The Kier molecular flexibility index (Phi) is 11.0. The Morgan fingerprint density at radius 2 is 1.74 bits per heavy atom. The van der Waals surface area contributed by atoms with Gasteiger partial charge in [-0.25, -0.2) is 4.79 Å². The van der Waals surface area contributed by atoms with Gasteiger partial charge in [0.15, 0.2) is 11.8 Å². The fourth-order valence-corrected chi connectivity index (χ4v) is 3.87. The second-order valence-electron chi connectivity index (χ2n) is 8.71. The molecule has 0 aliphatic carbocycles. The Hall–Kier alpha value is -4.02. The number of aliphatic hydroxyl groups is 1. The minimum atomic E-state index is -1.41. The van der Waals surface area contributed by atoms with E-state index in [0.717, 1.165) is 16.7 Å². The number of methoxy groups -OCH3 is 1. The molecule has 0 saturated carbocycles. The minimum Gasteiger partial charge on any atom is -0.464 e. The summed E-state index contributed by atoms with van der Waals surface area (Å²) < 4.78 is 9.87. The first-order chi connectivity index (χ1) is 18.4. The van der Waals surface area contributed by atoms with Crippen molar-refractivity contribution in [2.45, 2.75) is 38.3 Å². The number of amides is 2. The molecular formula is C28H34N4O6. The lowest BCUT2D eigenvalue weighted by Crippen LogP contribution is -2.41. The van der Waals surface area contributed by atoms with Crippen LogP contribution in [-0.2, 0) is 20.7 Å². The zero-order chi connectivity index (χ0) is 27.3. The minimum absolute atomic E-state index is 0.0158. The van der Waals surface area contributed by atoms with Crippen molar-refractivity contribution >= 4 is 17.8 Å². The first-order valence-electron chi connectivity index (χ1n) is 12.5. The van der Waals surface area contributed by atoms with Gasteiger partial charge in [-0.15, -0.1) is 0 Å². The predicted octanol–water partition coefficient (Wildman–Crippen LogP) is 2.50. The molecule has 3 aromatic rings. The maximum Gasteiger partial charge on any atom is 0.335 e. The number of aromatic amines is 1. The highest BCUT2D eigenvalue weighted by Gasteiger charge is 2.25. The highest BCUT2D eigenvalue weighted by molar-refractivity contribution is 5.97. The summed E-state index contributed by atoms with van der Waals surface area (Å²) in [5.41, 5.74) is 3.20. The Morgan fingerprint density at radius 1 is 1.03 bits per heavy atom. The van der Waals surface area contributed by atoms with Crippen LogP contribution in [-0.4, -0.2) is 72.1 Å². The smallest absolute Gasteiger partial charge is 0.335 e. The number of rotatable bonds is 14. The van der Waals surface area contributed by atoms with Gasteiger partial charge in [0.2, 0.25) is 0 Å². The highest BCUT2D eigenvalue weighted by atomic mass is 16.5. The number of H-pyrrole nitrogens is 1. The van der Waals surface area contributed by atoms with Crippen molar-refractivity contribution in [2.24, 2.45) is 0 Å². The fraction of sp³-hybridized carbons (Fsp3) is 0.357. The summed E-state index contributed by atoms with van der Waals surface area (Å²) in [5.74, 6) is -1.68. The molecule has 2 unspecified atom stereocenters. The Bertz CT molecular complexity index is 1180. The van der Waals surface area contributed by atoms with Gasteiger partial charge in [-0.05, 0) is 36.5 Å². The molecule has 0 aliphatic heterocycles. The Morgan fingerprint density at radius 3 is 2.42 bits per heavy atom. The summed E-state index contributed by atoms with van der Waals surface area (Å²) in [6, 6.07) is 18.5. The molecule has 38 heavy (non-hydrogen) atoms. The lowest BCUT2D eigenvalue weighted by atomic mass is 9.97. The molecule has 0 fully saturated rings. The number of carbonyl (C=O) groups excluding carboxylic acids is 3. The molecule has 3 rings (SSSR count). The Balaban J connectivity index is 1.68. The Labute approximate surface area is 221 Å². The molecule has 0 aliphatic rings. The number of ether oxygens (including phenoxy) is 2. The van der Waals surface area contributed by atoms with Crippen LogP contribution in [0.25, 0.3) is 11.1 Å². The van der Waals surface area contributed by atoms with E-state index >= 15 is 0 Å². The van der Waals surface area contributed by atoms with E-state index in [1.54, 1.807) is 14.0 Å². The molecule has 0 radical (unpaired) electrons. The van der Waals surface area contributed by atoms with Crippen molar-refractivity contribution in [3.63, 3.8) is 0 Å². The highest BCUT2D eigenvalue weighted by Crippen LogP contribution is 2.20. The monoisotopic (exact) mass is 522 g/mol. The zero-order valence-corrected chi connectivity index (χ0v) is 21.6. The maximum atomic E-state index is 13.0. The van der Waals surface area contributed by atoms with Crippen LogP contribution in [0.3, 0.4) is 0 Å². The van der Waals surface area contributed by atoms with E-state index in [1.165, 1.54) is 6.07 Å². The van der Waals surface area contributed by atoms with Crippen molar-refractivity contribution in [3.8, 4) is 11.1 Å². The van der Waals surface area contributed by atoms with Gasteiger partial charge >= 0.3 is 5.97 Å². The molecule has 10 heteroatoms. The number of carbonyl (C=O) groups is 3. The SMILES string of the molecule is CCOC(=O)C(O)CC(Cc1ccc(-c2ccccc2)cc1)NC(=O)c1cc(C(=O)NCCCOC)[nH]n1. The number of esters is 1. The molecule has 202 valence electrons. The normalized spacial score (nSPS) is 12.4. The predicted molar refractivity (Wildman–Crippen MR) is 142 cm³/mol. The van der Waals surface area contributed by atoms with Crippen LogP contribution in [0.1, 0.15) is 46.3 Å². The van der Waals surface area contributed by atoms with Crippen LogP contribution in [0.2, 0.25) is 0 Å². The molecule has 1 heterocycles. The largest absolute Gasteiger partial charge is 0.464 e. The average Bonchev–Trinajstić information content (AvgIpc) is 3.43. The fourth-order valence-electron chi connectivity index (χ4n) is 3.87. The van der Waals surface area contributed by atoms with Gasteiger partial charge in [0.25, 0.3) is 11.8 Å². The van der Waals surface area contributed by atoms with Crippen molar-refractivity contribution in [1.82, 2.24) is 20.8 Å². The third kappa shape index (κ3) is 8.53.